The van der Waals surface area contributed by atoms with Crippen molar-refractivity contribution in [2.45, 2.75) is 24.6 Å². The highest BCUT2D eigenvalue weighted by atomic mass is 19.4. The molecule has 5 rings (SSSR count). The second kappa shape index (κ2) is 10.3. The molecular formula is C28H24F4N4O4. The predicted octanol–water partition coefficient (Wildman–Crippen LogP) is 4.96. The first-order valence-corrected chi connectivity index (χ1v) is 12.2. The van der Waals surface area contributed by atoms with Crippen LogP contribution in [0.25, 0.3) is 22.5 Å². The van der Waals surface area contributed by atoms with Crippen LogP contribution in [0.4, 0.5) is 17.6 Å². The van der Waals surface area contributed by atoms with E-state index in [9.17, 15) is 27.5 Å². The van der Waals surface area contributed by atoms with Gasteiger partial charge in [0.2, 0.25) is 5.60 Å². The van der Waals surface area contributed by atoms with E-state index in [-0.39, 0.29) is 29.7 Å². The summed E-state index contributed by atoms with van der Waals surface area (Å²) in [6.45, 7) is 0.728. The molecule has 0 aliphatic carbocycles. The number of aromatic amines is 1. The van der Waals surface area contributed by atoms with Gasteiger partial charge in [-0.05, 0) is 66.2 Å². The van der Waals surface area contributed by atoms with Crippen LogP contribution in [0.15, 0.2) is 60.7 Å². The minimum atomic E-state index is -5.22. The lowest BCUT2D eigenvalue weighted by atomic mass is 9.92. The van der Waals surface area contributed by atoms with Crippen LogP contribution >= 0.6 is 0 Å². The van der Waals surface area contributed by atoms with E-state index in [0.717, 1.165) is 18.2 Å². The number of alkyl halides is 3. The number of aromatic nitrogens is 3. The highest BCUT2D eigenvalue weighted by molar-refractivity contribution is 5.93. The SMILES string of the molecule is COc1ccc(-c2cc(C(=O)NC[C@](O)(c3cc4c(c(-c5ccc(F)cc5)n3)OC[C@H]4C)C(F)(F)F)n[nH]2)cc1. The average Bonchev–Trinajstić information content (AvgIpc) is 3.58. The fraction of sp³-hybridized carbons (Fsp3) is 0.250. The van der Waals surface area contributed by atoms with Crippen LogP contribution in [-0.4, -0.2) is 52.6 Å². The van der Waals surface area contributed by atoms with Crippen molar-refractivity contribution < 1.29 is 36.9 Å². The number of benzene rings is 2. The van der Waals surface area contributed by atoms with Gasteiger partial charge < -0.3 is 19.9 Å². The van der Waals surface area contributed by atoms with Crippen molar-refractivity contribution in [2.75, 3.05) is 20.3 Å². The van der Waals surface area contributed by atoms with E-state index in [1.807, 2.05) is 0 Å². The topological polar surface area (TPSA) is 109 Å². The number of hydrogen-bond acceptors (Lipinski definition) is 6. The van der Waals surface area contributed by atoms with Gasteiger partial charge in [0.25, 0.3) is 5.91 Å². The van der Waals surface area contributed by atoms with Crippen molar-refractivity contribution in [1.29, 1.82) is 0 Å². The van der Waals surface area contributed by atoms with Gasteiger partial charge in [-0.1, -0.05) is 6.92 Å². The summed E-state index contributed by atoms with van der Waals surface area (Å²) in [6, 6.07) is 14.4. The Morgan fingerprint density at radius 2 is 1.80 bits per heavy atom. The first-order valence-electron chi connectivity index (χ1n) is 12.2. The molecule has 8 nitrogen and oxygen atoms in total. The molecule has 12 heteroatoms. The van der Waals surface area contributed by atoms with E-state index in [4.69, 9.17) is 9.47 Å². The molecule has 2 aromatic heterocycles. The van der Waals surface area contributed by atoms with Gasteiger partial charge in [0.05, 0.1) is 31.6 Å². The van der Waals surface area contributed by atoms with Gasteiger partial charge in [-0.3, -0.25) is 9.89 Å². The number of nitrogens with one attached hydrogen (secondary N) is 2. The lowest BCUT2D eigenvalue weighted by Gasteiger charge is -2.31. The van der Waals surface area contributed by atoms with Gasteiger partial charge >= 0.3 is 6.18 Å². The normalized spacial score (nSPS) is 16.1. The first kappa shape index (κ1) is 27.1. The van der Waals surface area contributed by atoms with Crippen molar-refractivity contribution in [1.82, 2.24) is 20.5 Å². The number of aliphatic hydroxyl groups is 1. The van der Waals surface area contributed by atoms with E-state index in [1.54, 1.807) is 31.2 Å². The molecule has 0 bridgehead atoms. The molecule has 1 aliphatic heterocycles. The van der Waals surface area contributed by atoms with E-state index < -0.39 is 35.7 Å². The number of carbonyl (C=O) groups excluding carboxylic acids is 1. The largest absolute Gasteiger partial charge is 0.497 e. The van der Waals surface area contributed by atoms with Crippen LogP contribution in [0.3, 0.4) is 0 Å². The van der Waals surface area contributed by atoms with Gasteiger partial charge in [-0.25, -0.2) is 9.37 Å². The van der Waals surface area contributed by atoms with Gasteiger partial charge in [0.1, 0.15) is 23.0 Å². The molecule has 3 N–H and O–H groups in total. The van der Waals surface area contributed by atoms with Gasteiger partial charge in [-0.15, -0.1) is 0 Å². The quantitative estimate of drug-likeness (QED) is 0.278. The summed E-state index contributed by atoms with van der Waals surface area (Å²) in [6.07, 6.45) is -5.22. The molecule has 0 saturated carbocycles. The van der Waals surface area contributed by atoms with Gasteiger partial charge in [0, 0.05) is 17.0 Å². The molecule has 0 spiro atoms. The number of amides is 1. The third kappa shape index (κ3) is 4.97. The zero-order valence-electron chi connectivity index (χ0n) is 21.3. The molecule has 0 radical (unpaired) electrons. The van der Waals surface area contributed by atoms with Crippen molar-refractivity contribution in [2.24, 2.45) is 0 Å². The smallest absolute Gasteiger partial charge is 0.424 e. The third-order valence-electron chi connectivity index (χ3n) is 6.74. The number of halogens is 4. The number of rotatable bonds is 7. The number of carbonyl (C=O) groups is 1. The van der Waals surface area contributed by atoms with Gasteiger partial charge in [-0.2, -0.15) is 18.3 Å². The summed E-state index contributed by atoms with van der Waals surface area (Å²) in [5.41, 5.74) is -2.57. The zero-order valence-corrected chi connectivity index (χ0v) is 21.3. The molecule has 1 amide bonds. The van der Waals surface area contributed by atoms with Crippen molar-refractivity contribution in [3.8, 4) is 34.0 Å². The number of methoxy groups -OCH3 is 1. The van der Waals surface area contributed by atoms with Crippen LogP contribution in [-0.2, 0) is 5.60 Å². The molecule has 3 heterocycles. The molecular weight excluding hydrogens is 532 g/mol. The maximum atomic E-state index is 14.4. The molecule has 208 valence electrons. The Labute approximate surface area is 226 Å². The Morgan fingerprint density at radius 1 is 1.12 bits per heavy atom. The average molecular weight is 557 g/mol. The second-order valence-electron chi connectivity index (χ2n) is 9.43. The summed E-state index contributed by atoms with van der Waals surface area (Å²) in [5, 5.41) is 19.7. The molecule has 2 atom stereocenters. The molecule has 2 aromatic carbocycles. The standard InChI is InChI=1S/C28H24F4N4O4/c1-15-13-40-25-20(15)11-23(34-24(25)17-3-7-18(29)8-4-17)27(38,28(30,31)32)14-33-26(37)22-12-21(35-36-22)16-5-9-19(39-2)10-6-16/h3-12,15,38H,13-14H2,1-2H3,(H,33,37)(H,35,36)/t15-,27+/m1/s1. The fourth-order valence-corrected chi connectivity index (χ4v) is 4.38. The Kier molecular flexibility index (Phi) is 6.96. The van der Waals surface area contributed by atoms with Crippen LogP contribution in [0.2, 0.25) is 0 Å². The van der Waals surface area contributed by atoms with E-state index in [2.05, 4.69) is 20.5 Å². The van der Waals surface area contributed by atoms with E-state index in [0.29, 0.717) is 28.1 Å². The van der Waals surface area contributed by atoms with Crippen molar-refractivity contribution in [3.05, 3.63) is 83.4 Å². The van der Waals surface area contributed by atoms with Crippen LogP contribution in [0.5, 0.6) is 11.5 Å². The number of ether oxygens (including phenoxy) is 2. The molecule has 0 saturated heterocycles. The summed E-state index contributed by atoms with van der Waals surface area (Å²) in [7, 11) is 1.52. The Morgan fingerprint density at radius 3 is 2.45 bits per heavy atom. The van der Waals surface area contributed by atoms with Crippen LogP contribution in [0.1, 0.15) is 34.6 Å². The molecule has 1 aliphatic rings. The summed E-state index contributed by atoms with van der Waals surface area (Å²) < 4.78 is 67.5. The predicted molar refractivity (Wildman–Crippen MR) is 136 cm³/mol. The monoisotopic (exact) mass is 556 g/mol. The Balaban J connectivity index is 1.45. The lowest BCUT2D eigenvalue weighted by molar-refractivity contribution is -0.265. The Bertz CT molecular complexity index is 1540. The highest BCUT2D eigenvalue weighted by Crippen LogP contribution is 2.45. The van der Waals surface area contributed by atoms with Crippen LogP contribution < -0.4 is 14.8 Å². The third-order valence-corrected chi connectivity index (χ3v) is 6.74. The molecule has 4 aromatic rings. The number of nitrogens with zero attached hydrogens (tertiary/aromatic N) is 2. The molecule has 0 unspecified atom stereocenters. The van der Waals surface area contributed by atoms with Gasteiger partial charge in [0.15, 0.2) is 5.69 Å². The maximum absolute atomic E-state index is 14.4. The fourth-order valence-electron chi connectivity index (χ4n) is 4.38. The van der Waals surface area contributed by atoms with E-state index in [1.165, 1.54) is 25.3 Å². The maximum Gasteiger partial charge on any atom is 0.424 e. The van der Waals surface area contributed by atoms with Crippen LogP contribution in [0, 0.1) is 5.82 Å². The second-order valence-corrected chi connectivity index (χ2v) is 9.43. The van der Waals surface area contributed by atoms with Crippen molar-refractivity contribution in [3.63, 3.8) is 0 Å². The summed E-state index contributed by atoms with van der Waals surface area (Å²) in [4.78, 5) is 16.9. The van der Waals surface area contributed by atoms with Crippen molar-refractivity contribution >= 4 is 5.91 Å². The van der Waals surface area contributed by atoms with E-state index >= 15 is 0 Å². The minimum Gasteiger partial charge on any atom is -0.497 e. The number of hydrogen-bond donors (Lipinski definition) is 3. The molecule has 40 heavy (non-hydrogen) atoms. The molecule has 0 fully saturated rings. The summed E-state index contributed by atoms with van der Waals surface area (Å²) >= 11 is 0. The minimum absolute atomic E-state index is 0.0299. The number of pyridine rings is 1. The number of fused-ring (bicyclic) bond motifs is 1. The Hall–Kier alpha value is -4.45. The highest BCUT2D eigenvalue weighted by Gasteiger charge is 2.57. The first-order chi connectivity index (χ1) is 19.0. The lowest BCUT2D eigenvalue weighted by Crippen LogP contribution is -2.51. The zero-order chi connectivity index (χ0) is 28.7. The number of H-pyrrole nitrogens is 1. The summed E-state index contributed by atoms with van der Waals surface area (Å²) in [5.74, 6) is -0.872.